The molecule has 3 N–H and O–H groups in total. The highest BCUT2D eigenvalue weighted by molar-refractivity contribution is 5.85. The van der Waals surface area contributed by atoms with Crippen LogP contribution in [0, 0.1) is 0 Å². The Kier molecular flexibility index (Phi) is 6.68. The van der Waals surface area contributed by atoms with Gasteiger partial charge in [-0.05, 0) is 23.8 Å². The SMILES string of the molecule is Cl.Nc1nnc(C(F)(F)F)cc1-c1ccc(N2CCN(CC(=O)O)CC2)cc1. The Morgan fingerprint density at radius 3 is 2.25 bits per heavy atom. The first-order chi connectivity index (χ1) is 12.7. The van der Waals surface area contributed by atoms with E-state index in [0.717, 1.165) is 11.8 Å². The van der Waals surface area contributed by atoms with Crippen molar-refractivity contribution in [1.82, 2.24) is 15.1 Å². The van der Waals surface area contributed by atoms with Gasteiger partial charge in [0.05, 0.1) is 6.54 Å². The van der Waals surface area contributed by atoms with Gasteiger partial charge in [-0.1, -0.05) is 12.1 Å². The van der Waals surface area contributed by atoms with Crippen LogP contribution in [0.15, 0.2) is 30.3 Å². The second-order valence-electron chi connectivity index (χ2n) is 6.23. The molecular formula is C17H19ClF3N5O2. The molecule has 0 spiro atoms. The monoisotopic (exact) mass is 417 g/mol. The number of aromatic nitrogens is 2. The lowest BCUT2D eigenvalue weighted by Crippen LogP contribution is -2.47. The van der Waals surface area contributed by atoms with Crippen LogP contribution < -0.4 is 10.6 Å². The van der Waals surface area contributed by atoms with Gasteiger partial charge in [-0.25, -0.2) is 0 Å². The van der Waals surface area contributed by atoms with E-state index < -0.39 is 17.8 Å². The van der Waals surface area contributed by atoms with Gasteiger partial charge >= 0.3 is 12.1 Å². The zero-order chi connectivity index (χ0) is 19.6. The third-order valence-electron chi connectivity index (χ3n) is 4.39. The Morgan fingerprint density at radius 1 is 1.11 bits per heavy atom. The summed E-state index contributed by atoms with van der Waals surface area (Å²) in [5.74, 6) is -0.924. The summed E-state index contributed by atoms with van der Waals surface area (Å²) < 4.78 is 38.5. The lowest BCUT2D eigenvalue weighted by Gasteiger charge is -2.35. The maximum atomic E-state index is 12.8. The van der Waals surface area contributed by atoms with Crippen LogP contribution in [-0.4, -0.2) is 58.9 Å². The molecular weight excluding hydrogens is 399 g/mol. The Bertz CT molecular complexity index is 825. The molecule has 3 rings (SSSR count). The standard InChI is InChI=1S/C17H18F3N5O2.ClH/c18-17(19,20)14-9-13(16(21)23-22-14)11-1-3-12(4-2-11)25-7-5-24(6-8-25)10-15(26)27;/h1-4,9H,5-8,10H2,(H2,21,23)(H,26,27);1H. The summed E-state index contributed by atoms with van der Waals surface area (Å²) in [6.45, 7) is 2.62. The first kappa shape index (κ1) is 21.7. The van der Waals surface area contributed by atoms with Crippen molar-refractivity contribution in [2.75, 3.05) is 43.4 Å². The van der Waals surface area contributed by atoms with E-state index in [4.69, 9.17) is 10.8 Å². The predicted molar refractivity (Wildman–Crippen MR) is 100 cm³/mol. The summed E-state index contributed by atoms with van der Waals surface area (Å²) in [6.07, 6.45) is -4.59. The van der Waals surface area contributed by atoms with E-state index in [-0.39, 0.29) is 30.3 Å². The van der Waals surface area contributed by atoms with Gasteiger partial charge in [0.2, 0.25) is 0 Å². The van der Waals surface area contributed by atoms with E-state index in [1.165, 1.54) is 0 Å². The zero-order valence-corrected chi connectivity index (χ0v) is 15.5. The van der Waals surface area contributed by atoms with Crippen LogP contribution in [0.3, 0.4) is 0 Å². The summed E-state index contributed by atoms with van der Waals surface area (Å²) in [5.41, 5.74) is 6.20. The fourth-order valence-electron chi connectivity index (χ4n) is 2.98. The highest BCUT2D eigenvalue weighted by Crippen LogP contribution is 2.33. The molecule has 0 radical (unpaired) electrons. The quantitative estimate of drug-likeness (QED) is 0.788. The molecule has 152 valence electrons. The summed E-state index contributed by atoms with van der Waals surface area (Å²) in [5, 5.41) is 15.3. The van der Waals surface area contributed by atoms with Crippen molar-refractivity contribution in [2.24, 2.45) is 0 Å². The molecule has 1 fully saturated rings. The maximum Gasteiger partial charge on any atom is 0.435 e. The highest BCUT2D eigenvalue weighted by atomic mass is 35.5. The number of carboxylic acid groups (broad SMARTS) is 1. The normalized spacial score (nSPS) is 15.2. The van der Waals surface area contributed by atoms with Gasteiger partial charge in [-0.3, -0.25) is 9.69 Å². The summed E-state index contributed by atoms with van der Waals surface area (Å²) in [4.78, 5) is 14.7. The Hall–Kier alpha value is -2.59. The molecule has 0 bridgehead atoms. The molecule has 1 aliphatic rings. The number of hydrogen-bond acceptors (Lipinski definition) is 6. The number of alkyl halides is 3. The van der Waals surface area contributed by atoms with E-state index in [0.29, 0.717) is 31.7 Å². The largest absolute Gasteiger partial charge is 0.480 e. The van der Waals surface area contributed by atoms with Gasteiger partial charge in [0, 0.05) is 37.4 Å². The number of benzene rings is 1. The smallest absolute Gasteiger partial charge is 0.435 e. The molecule has 2 aromatic rings. The van der Waals surface area contributed by atoms with Gasteiger partial charge < -0.3 is 15.7 Å². The topological polar surface area (TPSA) is 95.6 Å². The van der Waals surface area contributed by atoms with E-state index >= 15 is 0 Å². The molecule has 0 saturated carbocycles. The van der Waals surface area contributed by atoms with Gasteiger partial charge in [0.15, 0.2) is 11.5 Å². The number of aliphatic carboxylic acids is 1. The van der Waals surface area contributed by atoms with Crippen LogP contribution in [0.4, 0.5) is 24.7 Å². The molecule has 2 heterocycles. The van der Waals surface area contributed by atoms with E-state index in [9.17, 15) is 18.0 Å². The van der Waals surface area contributed by atoms with Crippen molar-refractivity contribution >= 4 is 29.9 Å². The minimum Gasteiger partial charge on any atom is -0.480 e. The number of nitrogens with zero attached hydrogens (tertiary/aromatic N) is 4. The van der Waals surface area contributed by atoms with Crippen molar-refractivity contribution in [3.05, 3.63) is 36.0 Å². The number of nitrogen functional groups attached to an aromatic ring is 1. The fourth-order valence-corrected chi connectivity index (χ4v) is 2.98. The van der Waals surface area contributed by atoms with Gasteiger partial charge in [0.25, 0.3) is 0 Å². The van der Waals surface area contributed by atoms with E-state index in [2.05, 4.69) is 15.1 Å². The summed E-state index contributed by atoms with van der Waals surface area (Å²) >= 11 is 0. The predicted octanol–water partition coefficient (Wildman–Crippen LogP) is 2.37. The number of hydrogen-bond donors (Lipinski definition) is 2. The molecule has 0 aliphatic carbocycles. The Morgan fingerprint density at radius 2 is 1.71 bits per heavy atom. The molecule has 1 saturated heterocycles. The zero-order valence-electron chi connectivity index (χ0n) is 14.7. The van der Waals surface area contributed by atoms with Gasteiger partial charge in [-0.15, -0.1) is 22.6 Å². The van der Waals surface area contributed by atoms with E-state index in [1.54, 1.807) is 24.3 Å². The van der Waals surface area contributed by atoms with Gasteiger partial charge in [0.1, 0.15) is 0 Å². The molecule has 11 heteroatoms. The molecule has 28 heavy (non-hydrogen) atoms. The molecule has 1 aromatic heterocycles. The Balaban J connectivity index is 0.00000280. The van der Waals surface area contributed by atoms with Crippen molar-refractivity contribution < 1.29 is 23.1 Å². The van der Waals surface area contributed by atoms with Crippen molar-refractivity contribution in [3.8, 4) is 11.1 Å². The Labute approximate surface area is 165 Å². The number of carboxylic acids is 1. The van der Waals surface area contributed by atoms with Crippen LogP contribution in [0.25, 0.3) is 11.1 Å². The minimum absolute atomic E-state index is 0. The molecule has 7 nitrogen and oxygen atoms in total. The van der Waals surface area contributed by atoms with E-state index in [1.807, 2.05) is 4.90 Å². The first-order valence-electron chi connectivity index (χ1n) is 8.24. The number of piperazine rings is 1. The third-order valence-corrected chi connectivity index (χ3v) is 4.39. The lowest BCUT2D eigenvalue weighted by molar-refractivity contribution is -0.141. The molecule has 1 aromatic carbocycles. The van der Waals surface area contributed by atoms with Crippen molar-refractivity contribution in [3.63, 3.8) is 0 Å². The number of carbonyl (C=O) groups is 1. The molecule has 0 atom stereocenters. The molecule has 0 unspecified atom stereocenters. The highest BCUT2D eigenvalue weighted by Gasteiger charge is 2.34. The second kappa shape index (κ2) is 8.61. The maximum absolute atomic E-state index is 12.8. The van der Waals surface area contributed by atoms with Gasteiger partial charge in [-0.2, -0.15) is 13.2 Å². The molecule has 0 amide bonds. The van der Waals surface area contributed by atoms with Crippen LogP contribution in [0.1, 0.15) is 5.69 Å². The lowest BCUT2D eigenvalue weighted by atomic mass is 10.1. The van der Waals surface area contributed by atoms with Crippen LogP contribution in [0.5, 0.6) is 0 Å². The molecule has 1 aliphatic heterocycles. The number of nitrogens with two attached hydrogens (primary N) is 1. The minimum atomic E-state index is -4.59. The second-order valence-corrected chi connectivity index (χ2v) is 6.23. The number of rotatable bonds is 4. The first-order valence-corrected chi connectivity index (χ1v) is 8.24. The number of anilines is 2. The summed E-state index contributed by atoms with van der Waals surface area (Å²) in [6, 6.07) is 7.87. The van der Waals surface area contributed by atoms with Crippen LogP contribution >= 0.6 is 12.4 Å². The number of halogens is 4. The summed E-state index contributed by atoms with van der Waals surface area (Å²) in [7, 11) is 0. The van der Waals surface area contributed by atoms with Crippen LogP contribution in [-0.2, 0) is 11.0 Å². The van der Waals surface area contributed by atoms with Crippen molar-refractivity contribution in [2.45, 2.75) is 6.18 Å². The average molecular weight is 418 g/mol. The van der Waals surface area contributed by atoms with Crippen LogP contribution in [0.2, 0.25) is 0 Å². The third kappa shape index (κ3) is 5.02. The average Bonchev–Trinajstić information content (AvgIpc) is 2.61. The van der Waals surface area contributed by atoms with Crippen molar-refractivity contribution in [1.29, 1.82) is 0 Å². The fraction of sp³-hybridized carbons (Fsp3) is 0.353.